The molecule has 0 bridgehead atoms. The number of furan rings is 1. The number of rotatable bonds is 4. The molecule has 2 aromatic rings. The zero-order valence-corrected chi connectivity index (χ0v) is 11.3. The molecule has 0 fully saturated rings. The van der Waals surface area contributed by atoms with E-state index in [9.17, 15) is 4.79 Å². The molecule has 2 heterocycles. The standard InChI is InChI=1S/C11H10BrNO5/c1-15-5-6-9(11(14)16-2)18-10(13-6)7-3-4-8(12)17-7/h3-4H,5H2,1-2H3. The number of aromatic nitrogens is 1. The molecule has 18 heavy (non-hydrogen) atoms. The van der Waals surface area contributed by atoms with Crippen LogP contribution in [0.2, 0.25) is 0 Å². The van der Waals surface area contributed by atoms with E-state index >= 15 is 0 Å². The van der Waals surface area contributed by atoms with Crippen LogP contribution in [0.3, 0.4) is 0 Å². The molecular formula is C11H10BrNO5. The maximum atomic E-state index is 11.5. The number of methoxy groups -OCH3 is 2. The Morgan fingerprint density at radius 2 is 2.17 bits per heavy atom. The Morgan fingerprint density at radius 3 is 2.72 bits per heavy atom. The van der Waals surface area contributed by atoms with Crippen molar-refractivity contribution >= 4 is 21.9 Å². The molecule has 0 saturated heterocycles. The fourth-order valence-electron chi connectivity index (χ4n) is 1.37. The van der Waals surface area contributed by atoms with Crippen LogP contribution in [0.4, 0.5) is 0 Å². The van der Waals surface area contributed by atoms with Gasteiger partial charge >= 0.3 is 5.97 Å². The minimum absolute atomic E-state index is 0.0156. The van der Waals surface area contributed by atoms with Crippen LogP contribution in [0.5, 0.6) is 0 Å². The van der Waals surface area contributed by atoms with Gasteiger partial charge < -0.3 is 18.3 Å². The molecular weight excluding hydrogens is 306 g/mol. The summed E-state index contributed by atoms with van der Waals surface area (Å²) in [7, 11) is 2.77. The summed E-state index contributed by atoms with van der Waals surface area (Å²) < 4.78 is 20.7. The lowest BCUT2D eigenvalue weighted by Gasteiger charge is -1.96. The van der Waals surface area contributed by atoms with Crippen LogP contribution < -0.4 is 0 Å². The average molecular weight is 316 g/mol. The van der Waals surface area contributed by atoms with Crippen LogP contribution >= 0.6 is 15.9 Å². The fraction of sp³-hybridized carbons (Fsp3) is 0.273. The van der Waals surface area contributed by atoms with E-state index in [0.29, 0.717) is 16.1 Å². The number of oxazole rings is 1. The van der Waals surface area contributed by atoms with Crippen molar-refractivity contribution in [3.63, 3.8) is 0 Å². The zero-order valence-electron chi connectivity index (χ0n) is 9.73. The highest BCUT2D eigenvalue weighted by molar-refractivity contribution is 9.10. The highest BCUT2D eigenvalue weighted by Crippen LogP contribution is 2.26. The third-order valence-electron chi connectivity index (χ3n) is 2.13. The van der Waals surface area contributed by atoms with Gasteiger partial charge in [-0.1, -0.05) is 0 Å². The first-order chi connectivity index (χ1) is 8.65. The predicted octanol–water partition coefficient (Wildman–Crippen LogP) is 2.63. The van der Waals surface area contributed by atoms with Crippen molar-refractivity contribution in [2.24, 2.45) is 0 Å². The van der Waals surface area contributed by atoms with Crippen LogP contribution in [0.15, 0.2) is 25.6 Å². The van der Waals surface area contributed by atoms with Gasteiger partial charge in [-0.15, -0.1) is 0 Å². The van der Waals surface area contributed by atoms with E-state index in [1.165, 1.54) is 14.2 Å². The first-order valence-corrected chi connectivity index (χ1v) is 5.77. The van der Waals surface area contributed by atoms with Crippen molar-refractivity contribution in [3.05, 3.63) is 28.3 Å². The SMILES string of the molecule is COCc1nc(-c2ccc(Br)o2)oc1C(=O)OC. The van der Waals surface area contributed by atoms with Gasteiger partial charge in [-0.25, -0.2) is 9.78 Å². The molecule has 0 aliphatic carbocycles. The van der Waals surface area contributed by atoms with E-state index in [1.807, 2.05) is 0 Å². The second-order valence-corrected chi connectivity index (χ2v) is 4.10. The molecule has 0 aromatic carbocycles. The summed E-state index contributed by atoms with van der Waals surface area (Å²) in [5, 5.41) is 0. The van der Waals surface area contributed by atoms with E-state index < -0.39 is 5.97 Å². The normalized spacial score (nSPS) is 10.6. The number of hydrogen-bond acceptors (Lipinski definition) is 6. The number of esters is 1. The van der Waals surface area contributed by atoms with Crippen molar-refractivity contribution in [1.82, 2.24) is 4.98 Å². The smallest absolute Gasteiger partial charge is 0.376 e. The van der Waals surface area contributed by atoms with Crippen LogP contribution in [-0.2, 0) is 16.1 Å². The van der Waals surface area contributed by atoms with Crippen LogP contribution in [0.25, 0.3) is 11.7 Å². The summed E-state index contributed by atoms with van der Waals surface area (Å²) in [4.78, 5) is 15.7. The molecule has 2 aromatic heterocycles. The van der Waals surface area contributed by atoms with Gasteiger partial charge in [-0.05, 0) is 28.1 Å². The monoisotopic (exact) mass is 315 g/mol. The van der Waals surface area contributed by atoms with Crippen molar-refractivity contribution < 1.29 is 23.1 Å². The Labute approximate surface area is 111 Å². The maximum absolute atomic E-state index is 11.5. The molecule has 6 nitrogen and oxygen atoms in total. The molecule has 0 unspecified atom stereocenters. The van der Waals surface area contributed by atoms with Crippen LogP contribution in [0.1, 0.15) is 16.2 Å². The summed E-state index contributed by atoms with van der Waals surface area (Å²) >= 11 is 3.18. The minimum atomic E-state index is -0.605. The number of hydrogen-bond donors (Lipinski definition) is 0. The van der Waals surface area contributed by atoms with Crippen LogP contribution in [0, 0.1) is 0 Å². The number of halogens is 1. The van der Waals surface area contributed by atoms with Crippen molar-refractivity contribution in [2.75, 3.05) is 14.2 Å². The molecule has 0 spiro atoms. The van der Waals surface area contributed by atoms with Crippen molar-refractivity contribution in [3.8, 4) is 11.7 Å². The Balaban J connectivity index is 2.41. The second kappa shape index (κ2) is 5.36. The summed E-state index contributed by atoms with van der Waals surface area (Å²) in [5.74, 6) is 0.0239. The first kappa shape index (κ1) is 12.8. The highest BCUT2D eigenvalue weighted by Gasteiger charge is 2.22. The quantitative estimate of drug-likeness (QED) is 0.807. The van der Waals surface area contributed by atoms with Gasteiger partial charge in [0.15, 0.2) is 10.4 Å². The lowest BCUT2D eigenvalue weighted by Crippen LogP contribution is -2.04. The van der Waals surface area contributed by atoms with E-state index in [4.69, 9.17) is 13.6 Å². The summed E-state index contributed by atoms with van der Waals surface area (Å²) in [5.41, 5.74) is 0.367. The Kier molecular flexibility index (Phi) is 3.83. The van der Waals surface area contributed by atoms with E-state index in [2.05, 4.69) is 25.7 Å². The zero-order chi connectivity index (χ0) is 13.1. The van der Waals surface area contributed by atoms with Crippen LogP contribution in [-0.4, -0.2) is 25.2 Å². The molecule has 0 amide bonds. The summed E-state index contributed by atoms with van der Waals surface area (Å²) in [6, 6.07) is 3.38. The lowest BCUT2D eigenvalue weighted by atomic mass is 10.3. The predicted molar refractivity (Wildman–Crippen MR) is 64.0 cm³/mol. The Bertz CT molecular complexity index is 560. The molecule has 7 heteroatoms. The molecule has 0 N–H and O–H groups in total. The number of ether oxygens (including phenoxy) is 2. The summed E-state index contributed by atoms with van der Waals surface area (Å²) in [6.45, 7) is 0.149. The second-order valence-electron chi connectivity index (χ2n) is 3.32. The maximum Gasteiger partial charge on any atom is 0.376 e. The van der Waals surface area contributed by atoms with Crippen molar-refractivity contribution in [2.45, 2.75) is 6.61 Å². The topological polar surface area (TPSA) is 74.7 Å². The largest absolute Gasteiger partial charge is 0.463 e. The number of carbonyl (C=O) groups is 1. The van der Waals surface area contributed by atoms with E-state index in [0.717, 1.165) is 0 Å². The number of nitrogens with zero attached hydrogens (tertiary/aromatic N) is 1. The molecule has 0 radical (unpaired) electrons. The van der Waals surface area contributed by atoms with Gasteiger partial charge in [-0.3, -0.25) is 0 Å². The molecule has 0 saturated carbocycles. The van der Waals surface area contributed by atoms with Gasteiger partial charge in [0, 0.05) is 7.11 Å². The van der Waals surface area contributed by atoms with E-state index in [1.54, 1.807) is 12.1 Å². The highest BCUT2D eigenvalue weighted by atomic mass is 79.9. The van der Waals surface area contributed by atoms with Gasteiger partial charge in [-0.2, -0.15) is 0 Å². The third kappa shape index (κ3) is 2.46. The molecule has 0 aliphatic heterocycles. The minimum Gasteiger partial charge on any atom is -0.463 e. The molecule has 96 valence electrons. The average Bonchev–Trinajstić information content (AvgIpc) is 2.95. The molecule has 0 atom stereocenters. The van der Waals surface area contributed by atoms with Crippen molar-refractivity contribution in [1.29, 1.82) is 0 Å². The summed E-state index contributed by atoms with van der Waals surface area (Å²) in [6.07, 6.45) is 0. The first-order valence-electron chi connectivity index (χ1n) is 4.98. The molecule has 0 aliphatic rings. The lowest BCUT2D eigenvalue weighted by molar-refractivity contribution is 0.0559. The third-order valence-corrected chi connectivity index (χ3v) is 2.56. The number of carbonyl (C=O) groups excluding carboxylic acids is 1. The van der Waals surface area contributed by atoms with Gasteiger partial charge in [0.25, 0.3) is 5.89 Å². The van der Waals surface area contributed by atoms with Gasteiger partial charge in [0.2, 0.25) is 5.76 Å². The Morgan fingerprint density at radius 1 is 1.39 bits per heavy atom. The van der Waals surface area contributed by atoms with Gasteiger partial charge in [0.05, 0.1) is 13.7 Å². The molecule has 2 rings (SSSR count). The fourth-order valence-corrected chi connectivity index (χ4v) is 1.68. The van der Waals surface area contributed by atoms with E-state index in [-0.39, 0.29) is 18.3 Å². The van der Waals surface area contributed by atoms with Gasteiger partial charge in [0.1, 0.15) is 5.69 Å². The Hall–Kier alpha value is -1.60.